The van der Waals surface area contributed by atoms with Gasteiger partial charge in [-0.15, -0.1) is 74.9 Å². The second-order valence-electron chi connectivity index (χ2n) is 9.10. The number of thiol groups is 7. The number of carbonyl (C=O) groups is 1. The molecule has 1 saturated heterocycles. The van der Waals surface area contributed by atoms with E-state index in [1.807, 2.05) is 6.07 Å². The molecule has 4 rings (SSSR count). The Morgan fingerprint density at radius 3 is 2.30 bits per heavy atom. The molecular formula is C23H26Cl2N2O2S8. The maximum Gasteiger partial charge on any atom is 0.405 e. The van der Waals surface area contributed by atoms with Gasteiger partial charge in [0, 0.05) is 72.7 Å². The van der Waals surface area contributed by atoms with Gasteiger partial charge in [0.2, 0.25) is 0 Å². The predicted octanol–water partition coefficient (Wildman–Crippen LogP) is 7.90. The number of hydrogen-bond acceptors (Lipinski definition) is 12. The van der Waals surface area contributed by atoms with Crippen molar-refractivity contribution in [3.8, 4) is 0 Å². The Labute approximate surface area is 270 Å². The summed E-state index contributed by atoms with van der Waals surface area (Å²) < 4.78 is 4.92. The summed E-state index contributed by atoms with van der Waals surface area (Å²) in [4.78, 5) is 18.9. The molecule has 1 fully saturated rings. The molecule has 0 saturated carbocycles. The lowest BCUT2D eigenvalue weighted by atomic mass is 9.92. The fraction of sp³-hybridized carbons (Fsp3) is 0.435. The zero-order chi connectivity index (χ0) is 27.2. The molecule has 2 aliphatic rings. The van der Waals surface area contributed by atoms with E-state index >= 15 is 0 Å². The molecule has 4 nitrogen and oxygen atoms in total. The lowest BCUT2D eigenvalue weighted by Crippen LogP contribution is -2.60. The first kappa shape index (κ1) is 31.2. The van der Waals surface area contributed by atoms with Crippen LogP contribution in [0.1, 0.15) is 42.0 Å². The first-order valence-corrected chi connectivity index (χ1v) is 16.1. The minimum atomic E-state index is -0.824. The molecule has 1 aliphatic heterocycles. The van der Waals surface area contributed by atoms with E-state index in [-0.39, 0.29) is 22.6 Å². The Morgan fingerprint density at radius 2 is 1.70 bits per heavy atom. The molecule has 2 aromatic carbocycles. The smallest absolute Gasteiger partial charge is 0.405 e. The Morgan fingerprint density at radius 1 is 1.08 bits per heavy atom. The lowest BCUT2D eigenvalue weighted by Gasteiger charge is -2.50. The second-order valence-corrected chi connectivity index (χ2v) is 15.8. The molecule has 0 bridgehead atoms. The summed E-state index contributed by atoms with van der Waals surface area (Å²) in [6, 6.07) is 6.17. The average molecular weight is 690 g/mol. The van der Waals surface area contributed by atoms with Crippen LogP contribution < -0.4 is 0 Å². The summed E-state index contributed by atoms with van der Waals surface area (Å²) >= 11 is 46.1. The van der Waals surface area contributed by atoms with Crippen LogP contribution in [0.2, 0.25) is 5.02 Å². The van der Waals surface area contributed by atoms with Crippen molar-refractivity contribution < 1.29 is 9.53 Å². The Hall–Kier alpha value is 1.21. The third-order valence-electron chi connectivity index (χ3n) is 6.95. The van der Waals surface area contributed by atoms with Gasteiger partial charge in [0.1, 0.15) is 6.73 Å². The van der Waals surface area contributed by atoms with Gasteiger partial charge in [0.05, 0.1) is 8.78 Å². The van der Waals surface area contributed by atoms with E-state index < -0.39 is 10.3 Å². The predicted molar refractivity (Wildman–Crippen MR) is 177 cm³/mol. The number of rotatable bonds is 6. The highest BCUT2D eigenvalue weighted by atomic mass is 35.5. The zero-order valence-electron chi connectivity index (χ0n) is 19.5. The van der Waals surface area contributed by atoms with Crippen molar-refractivity contribution in [3.05, 3.63) is 39.9 Å². The number of halogens is 2. The highest BCUT2D eigenvalue weighted by Crippen LogP contribution is 2.54. The van der Waals surface area contributed by atoms with Crippen molar-refractivity contribution in [3.63, 3.8) is 0 Å². The molecule has 0 radical (unpaired) electrons. The summed E-state index contributed by atoms with van der Waals surface area (Å²) in [6.45, 7) is 4.33. The SMILES string of the molecule is CC1(SC(S)S)CN([C@@H]2C[C@@H](c3c(S)c(S)c(S)c(S)c3S)c3ccc(Cl)cc32)CCN1COC(=O)Cl. The van der Waals surface area contributed by atoms with E-state index in [0.29, 0.717) is 32.8 Å². The first-order valence-electron chi connectivity index (χ1n) is 11.2. The lowest BCUT2D eigenvalue weighted by molar-refractivity contribution is -0.0156. The Bertz CT molecular complexity index is 1190. The molecule has 0 amide bonds. The molecule has 202 valence electrons. The third kappa shape index (κ3) is 6.51. The van der Waals surface area contributed by atoms with Crippen molar-refractivity contribution in [2.75, 3.05) is 26.4 Å². The van der Waals surface area contributed by atoms with Gasteiger partial charge in [-0.1, -0.05) is 17.7 Å². The summed E-state index contributed by atoms with van der Waals surface area (Å²) in [7, 11) is 0. The molecule has 14 heteroatoms. The van der Waals surface area contributed by atoms with Crippen LogP contribution in [0.4, 0.5) is 4.79 Å². The number of nitrogens with zero attached hydrogens (tertiary/aromatic N) is 2. The van der Waals surface area contributed by atoms with Crippen LogP contribution in [0.5, 0.6) is 0 Å². The fourth-order valence-electron chi connectivity index (χ4n) is 5.26. The van der Waals surface area contributed by atoms with Crippen molar-refractivity contribution in [2.45, 2.75) is 58.6 Å². The average Bonchev–Trinajstić information content (AvgIpc) is 3.18. The van der Waals surface area contributed by atoms with E-state index in [2.05, 4.69) is 92.0 Å². The van der Waals surface area contributed by atoms with Crippen LogP contribution in [0.15, 0.2) is 42.7 Å². The van der Waals surface area contributed by atoms with Gasteiger partial charge in [0.25, 0.3) is 0 Å². The van der Waals surface area contributed by atoms with E-state index in [1.165, 1.54) is 11.1 Å². The molecule has 0 N–H and O–H groups in total. The normalized spacial score (nSPS) is 24.5. The molecule has 3 atom stereocenters. The van der Waals surface area contributed by atoms with Crippen LogP contribution in [-0.4, -0.2) is 50.4 Å². The van der Waals surface area contributed by atoms with E-state index in [9.17, 15) is 4.79 Å². The topological polar surface area (TPSA) is 32.8 Å². The largest absolute Gasteiger partial charge is 0.437 e. The molecule has 0 spiro atoms. The maximum atomic E-state index is 11.3. The molecule has 1 unspecified atom stereocenters. The van der Waals surface area contributed by atoms with Gasteiger partial charge in [-0.25, -0.2) is 4.79 Å². The van der Waals surface area contributed by atoms with Crippen molar-refractivity contribution >= 4 is 129 Å². The quantitative estimate of drug-likeness (QED) is 0.0954. The zero-order valence-corrected chi connectivity index (χ0v) is 28.1. The number of hydrogen-bond donors (Lipinski definition) is 7. The summed E-state index contributed by atoms with van der Waals surface area (Å²) in [6.07, 6.45) is 0.811. The van der Waals surface area contributed by atoms with Gasteiger partial charge >= 0.3 is 5.43 Å². The fourth-order valence-corrected chi connectivity index (χ4v) is 9.64. The molecule has 2 aromatic rings. The van der Waals surface area contributed by atoms with Crippen molar-refractivity contribution in [1.29, 1.82) is 0 Å². The Balaban J connectivity index is 1.72. The van der Waals surface area contributed by atoms with Crippen molar-refractivity contribution in [2.24, 2.45) is 0 Å². The highest BCUT2D eigenvalue weighted by Gasteiger charge is 2.45. The number of benzene rings is 2. The minimum absolute atomic E-state index is 0.0275. The Kier molecular flexibility index (Phi) is 10.6. The van der Waals surface area contributed by atoms with E-state index in [4.69, 9.17) is 53.2 Å². The first-order chi connectivity index (χ1) is 17.3. The van der Waals surface area contributed by atoms with Gasteiger partial charge in [0.15, 0.2) is 0 Å². The standard InChI is InChI=1S/C23H26Cl2N2O2S8/c1-23(37-22(35)36)8-26(4-5-27(23)9-29-21(25)28)14-7-13(11-3-2-10(24)6-12(11)14)15-16(30)18(32)20(34)19(33)17(15)31/h2-3,6,13-14,22,30-36H,4-5,7-9H2,1H3/t13-,14-,23?/m1/s1. The van der Waals surface area contributed by atoms with Gasteiger partial charge < -0.3 is 4.74 Å². The van der Waals surface area contributed by atoms with Crippen LogP contribution in [0, 0.1) is 0 Å². The molecule has 1 heterocycles. The number of fused-ring (bicyclic) bond motifs is 1. The molecular weight excluding hydrogens is 664 g/mol. The van der Waals surface area contributed by atoms with Crippen LogP contribution >= 0.6 is 123 Å². The molecule has 0 aromatic heterocycles. The number of ether oxygens (including phenoxy) is 1. The third-order valence-corrected chi connectivity index (χ3v) is 12.0. The van der Waals surface area contributed by atoms with Crippen molar-refractivity contribution in [1.82, 2.24) is 9.80 Å². The van der Waals surface area contributed by atoms with Crippen LogP contribution in [0.25, 0.3) is 0 Å². The number of piperazine rings is 1. The van der Waals surface area contributed by atoms with E-state index in [1.54, 1.807) is 11.8 Å². The van der Waals surface area contributed by atoms with Gasteiger partial charge in [-0.2, -0.15) is 25.3 Å². The second kappa shape index (κ2) is 12.6. The van der Waals surface area contributed by atoms with Gasteiger partial charge in [-0.05, 0) is 42.2 Å². The van der Waals surface area contributed by atoms with Gasteiger partial charge in [-0.3, -0.25) is 9.80 Å². The minimum Gasteiger partial charge on any atom is -0.437 e. The summed E-state index contributed by atoms with van der Waals surface area (Å²) in [5.74, 6) is 0.0275. The highest BCUT2D eigenvalue weighted by molar-refractivity contribution is 8.23. The van der Waals surface area contributed by atoms with Crippen LogP contribution in [-0.2, 0) is 4.74 Å². The number of thioether (sulfide) groups is 1. The molecule has 37 heavy (non-hydrogen) atoms. The van der Waals surface area contributed by atoms with E-state index in [0.717, 1.165) is 28.3 Å². The maximum absolute atomic E-state index is 11.3. The number of carbonyl (C=O) groups excluding carboxylic acids is 1. The molecule has 1 aliphatic carbocycles. The summed E-state index contributed by atoms with van der Waals surface area (Å²) in [5.41, 5.74) is 2.52. The monoisotopic (exact) mass is 688 g/mol. The van der Waals surface area contributed by atoms with Crippen LogP contribution in [0.3, 0.4) is 0 Å². The summed E-state index contributed by atoms with van der Waals surface area (Å²) in [5, 5.41) is 0.688.